The minimum absolute atomic E-state index is 0.0329. The number of carbonyl (C=O) groups is 2. The smallest absolute Gasteiger partial charge is 0.243 e. The van der Waals surface area contributed by atoms with Crippen LogP contribution in [0.25, 0.3) is 0 Å². The fourth-order valence-corrected chi connectivity index (χ4v) is 3.68. The molecule has 2 aromatic rings. The fourth-order valence-electron chi connectivity index (χ4n) is 1.85. The number of aromatic nitrogens is 1. The fraction of sp³-hybridized carbons (Fsp3) is 0.214. The molecule has 0 aliphatic carbocycles. The lowest BCUT2D eigenvalue weighted by Gasteiger charge is -2.07. The summed E-state index contributed by atoms with van der Waals surface area (Å²) >= 11 is 1.12. The summed E-state index contributed by atoms with van der Waals surface area (Å²) in [7, 11) is -4.04. The predicted molar refractivity (Wildman–Crippen MR) is 89.8 cm³/mol. The van der Waals surface area contributed by atoms with Crippen molar-refractivity contribution in [1.29, 1.82) is 0 Å². The standard InChI is InChI=1S/C14H15FN4O4S2/c15-10-3-1-2-4-11(10)25(22,23)17-6-5-13(21)19-14-18-9(8-24-14)7-12(16)20/h1-4,8,17H,5-7H2,(H2,16,20)(H,18,19,21). The number of carbonyl (C=O) groups excluding carboxylic acids is 2. The van der Waals surface area contributed by atoms with Gasteiger partial charge in [0.15, 0.2) is 5.13 Å². The van der Waals surface area contributed by atoms with Gasteiger partial charge in [0.1, 0.15) is 10.7 Å². The highest BCUT2D eigenvalue weighted by molar-refractivity contribution is 7.89. The van der Waals surface area contributed by atoms with Crippen LogP contribution in [0.1, 0.15) is 12.1 Å². The van der Waals surface area contributed by atoms with Gasteiger partial charge >= 0.3 is 0 Å². The van der Waals surface area contributed by atoms with Gasteiger partial charge in [0.25, 0.3) is 0 Å². The van der Waals surface area contributed by atoms with Gasteiger partial charge in [-0.25, -0.2) is 22.5 Å². The second kappa shape index (κ2) is 8.14. The molecule has 0 saturated heterocycles. The normalized spacial score (nSPS) is 11.2. The first-order valence-corrected chi connectivity index (χ1v) is 9.41. The van der Waals surface area contributed by atoms with Crippen LogP contribution in [0.15, 0.2) is 34.5 Å². The molecule has 0 aliphatic rings. The zero-order chi connectivity index (χ0) is 18.4. The molecule has 0 atom stereocenters. The molecule has 2 amide bonds. The summed E-state index contributed by atoms with van der Waals surface area (Å²) in [6.07, 6.45) is -0.201. The summed E-state index contributed by atoms with van der Waals surface area (Å²) in [4.78, 5) is 26.1. The number of benzene rings is 1. The first-order chi connectivity index (χ1) is 11.8. The number of nitrogens with one attached hydrogen (secondary N) is 2. The van der Waals surface area contributed by atoms with Gasteiger partial charge in [-0.1, -0.05) is 12.1 Å². The van der Waals surface area contributed by atoms with Crippen molar-refractivity contribution in [2.24, 2.45) is 5.73 Å². The molecule has 0 fully saturated rings. The Morgan fingerprint density at radius 3 is 2.68 bits per heavy atom. The zero-order valence-corrected chi connectivity index (χ0v) is 14.5. The number of thiazole rings is 1. The maximum Gasteiger partial charge on any atom is 0.243 e. The molecule has 0 radical (unpaired) electrons. The van der Waals surface area contributed by atoms with Gasteiger partial charge in [-0.3, -0.25) is 9.59 Å². The Bertz CT molecular complexity index is 882. The van der Waals surface area contributed by atoms with E-state index >= 15 is 0 Å². The number of hydrogen-bond donors (Lipinski definition) is 3. The Balaban J connectivity index is 1.85. The topological polar surface area (TPSA) is 131 Å². The van der Waals surface area contributed by atoms with Crippen molar-refractivity contribution in [3.05, 3.63) is 41.2 Å². The molecule has 1 heterocycles. The number of anilines is 1. The van der Waals surface area contributed by atoms with E-state index in [2.05, 4.69) is 15.0 Å². The Hall–Kier alpha value is -2.37. The van der Waals surface area contributed by atoms with Crippen molar-refractivity contribution >= 4 is 38.3 Å². The van der Waals surface area contributed by atoms with Crippen molar-refractivity contribution in [2.75, 3.05) is 11.9 Å². The van der Waals surface area contributed by atoms with Crippen LogP contribution in [-0.2, 0) is 26.0 Å². The highest BCUT2D eigenvalue weighted by atomic mass is 32.2. The number of nitrogens with zero attached hydrogens (tertiary/aromatic N) is 1. The SMILES string of the molecule is NC(=O)Cc1csc(NC(=O)CCNS(=O)(=O)c2ccccc2F)n1. The van der Waals surface area contributed by atoms with Gasteiger partial charge in [-0.05, 0) is 12.1 Å². The van der Waals surface area contributed by atoms with Crippen molar-refractivity contribution < 1.29 is 22.4 Å². The number of hydrogen-bond acceptors (Lipinski definition) is 6. The van der Waals surface area contributed by atoms with E-state index in [9.17, 15) is 22.4 Å². The van der Waals surface area contributed by atoms with E-state index in [4.69, 9.17) is 5.73 Å². The summed E-state index contributed by atoms with van der Waals surface area (Å²) in [5.41, 5.74) is 5.48. The third-order valence-electron chi connectivity index (χ3n) is 2.92. The number of amides is 2. The second-order valence-electron chi connectivity index (χ2n) is 4.91. The van der Waals surface area contributed by atoms with Gasteiger partial charge in [-0.15, -0.1) is 11.3 Å². The molecule has 8 nitrogen and oxygen atoms in total. The molecule has 2 rings (SSSR count). The Labute approximate surface area is 147 Å². The van der Waals surface area contributed by atoms with E-state index in [-0.39, 0.29) is 24.5 Å². The molecule has 0 spiro atoms. The van der Waals surface area contributed by atoms with Crippen molar-refractivity contribution in [3.8, 4) is 0 Å². The van der Waals surface area contributed by atoms with Crippen LogP contribution in [0, 0.1) is 5.82 Å². The molecule has 0 aliphatic heterocycles. The summed E-state index contributed by atoms with van der Waals surface area (Å²) in [6.45, 7) is -0.206. The van der Waals surface area contributed by atoms with Crippen molar-refractivity contribution in [1.82, 2.24) is 9.71 Å². The first kappa shape index (κ1) is 19.0. The maximum atomic E-state index is 13.5. The minimum Gasteiger partial charge on any atom is -0.369 e. The molecule has 1 aromatic carbocycles. The Kier molecular flexibility index (Phi) is 6.17. The average Bonchev–Trinajstić information content (AvgIpc) is 2.93. The van der Waals surface area contributed by atoms with Gasteiger partial charge < -0.3 is 11.1 Å². The second-order valence-corrected chi connectivity index (χ2v) is 7.51. The van der Waals surface area contributed by atoms with Gasteiger partial charge in [0, 0.05) is 18.3 Å². The van der Waals surface area contributed by atoms with Crippen LogP contribution in [0.5, 0.6) is 0 Å². The highest BCUT2D eigenvalue weighted by Gasteiger charge is 2.18. The minimum atomic E-state index is -4.04. The summed E-state index contributed by atoms with van der Waals surface area (Å²) in [5.74, 6) is -1.88. The summed E-state index contributed by atoms with van der Waals surface area (Å²) < 4.78 is 39.6. The molecule has 0 bridgehead atoms. The van der Waals surface area contributed by atoms with Gasteiger partial charge in [0.2, 0.25) is 21.8 Å². The molecular weight excluding hydrogens is 371 g/mol. The molecule has 25 heavy (non-hydrogen) atoms. The molecule has 134 valence electrons. The molecule has 0 saturated carbocycles. The summed E-state index contributed by atoms with van der Waals surface area (Å²) in [6, 6.07) is 4.94. The third-order valence-corrected chi connectivity index (χ3v) is 5.22. The maximum absolute atomic E-state index is 13.5. The van der Waals surface area contributed by atoms with Gasteiger partial charge in [-0.2, -0.15) is 0 Å². The van der Waals surface area contributed by atoms with E-state index in [1.165, 1.54) is 12.1 Å². The number of sulfonamides is 1. The predicted octanol–water partition coefficient (Wildman–Crippen LogP) is 0.617. The lowest BCUT2D eigenvalue weighted by atomic mass is 10.3. The molecule has 11 heteroatoms. The molecule has 4 N–H and O–H groups in total. The molecule has 1 aromatic heterocycles. The van der Waals surface area contributed by atoms with Crippen LogP contribution < -0.4 is 15.8 Å². The van der Waals surface area contributed by atoms with Crippen LogP contribution in [0.4, 0.5) is 9.52 Å². The van der Waals surface area contributed by atoms with E-state index in [1.54, 1.807) is 5.38 Å². The van der Waals surface area contributed by atoms with E-state index in [0.29, 0.717) is 5.69 Å². The van der Waals surface area contributed by atoms with E-state index in [1.807, 2.05) is 0 Å². The third kappa shape index (κ3) is 5.59. The van der Waals surface area contributed by atoms with Crippen LogP contribution in [-0.4, -0.2) is 31.8 Å². The van der Waals surface area contributed by atoms with Crippen LogP contribution >= 0.6 is 11.3 Å². The van der Waals surface area contributed by atoms with E-state index in [0.717, 1.165) is 23.5 Å². The van der Waals surface area contributed by atoms with E-state index < -0.39 is 32.6 Å². The number of primary amides is 1. The lowest BCUT2D eigenvalue weighted by Crippen LogP contribution is -2.28. The van der Waals surface area contributed by atoms with Crippen LogP contribution in [0.2, 0.25) is 0 Å². The zero-order valence-electron chi connectivity index (χ0n) is 12.9. The Morgan fingerprint density at radius 2 is 2.00 bits per heavy atom. The monoisotopic (exact) mass is 386 g/mol. The van der Waals surface area contributed by atoms with Crippen LogP contribution in [0.3, 0.4) is 0 Å². The highest BCUT2D eigenvalue weighted by Crippen LogP contribution is 2.16. The molecular formula is C14H15FN4O4S2. The van der Waals surface area contributed by atoms with Crippen molar-refractivity contribution in [2.45, 2.75) is 17.7 Å². The molecule has 0 unspecified atom stereocenters. The largest absolute Gasteiger partial charge is 0.369 e. The first-order valence-electron chi connectivity index (χ1n) is 7.04. The number of nitrogens with two attached hydrogens (primary N) is 1. The number of rotatable bonds is 8. The quantitative estimate of drug-likeness (QED) is 0.612. The van der Waals surface area contributed by atoms with Gasteiger partial charge in [0.05, 0.1) is 12.1 Å². The summed E-state index contributed by atoms with van der Waals surface area (Å²) in [5, 5.41) is 4.34. The van der Waals surface area contributed by atoms with Crippen molar-refractivity contribution in [3.63, 3.8) is 0 Å². The number of halogens is 1. The lowest BCUT2D eigenvalue weighted by molar-refractivity contribution is -0.117. The Morgan fingerprint density at radius 1 is 1.28 bits per heavy atom. The average molecular weight is 386 g/mol.